The molecule has 0 aliphatic carbocycles. The van der Waals surface area contributed by atoms with Crippen LogP contribution in [0.15, 0.2) is 23.1 Å². The van der Waals surface area contributed by atoms with Gasteiger partial charge in [-0.05, 0) is 38.1 Å². The van der Waals surface area contributed by atoms with Gasteiger partial charge in [0.2, 0.25) is 15.9 Å². The molecule has 0 spiro atoms. The highest BCUT2D eigenvalue weighted by molar-refractivity contribution is 7.89. The fourth-order valence-corrected chi connectivity index (χ4v) is 4.08. The minimum absolute atomic E-state index is 0.0291. The SMILES string of the molecule is CNCC1CCN(C(=O)CCNS(=O)(=O)c2ccc(OC)c(OC)c2)C1. The van der Waals surface area contributed by atoms with E-state index >= 15 is 0 Å². The molecule has 0 radical (unpaired) electrons. The number of methoxy groups -OCH3 is 2. The van der Waals surface area contributed by atoms with Crippen LogP contribution in [0.1, 0.15) is 12.8 Å². The Morgan fingerprint density at radius 2 is 2.00 bits per heavy atom. The molecule has 1 heterocycles. The van der Waals surface area contributed by atoms with Crippen molar-refractivity contribution in [2.24, 2.45) is 5.92 Å². The maximum atomic E-state index is 12.4. The number of hydrogen-bond acceptors (Lipinski definition) is 6. The number of sulfonamides is 1. The lowest BCUT2D eigenvalue weighted by Gasteiger charge is -2.17. The molecular weight excluding hydrogens is 358 g/mol. The topological polar surface area (TPSA) is 97.0 Å². The number of hydrogen-bond donors (Lipinski definition) is 2. The number of benzene rings is 1. The summed E-state index contributed by atoms with van der Waals surface area (Å²) in [6.45, 7) is 2.40. The van der Waals surface area contributed by atoms with Crippen LogP contribution in [0, 0.1) is 5.92 Å². The van der Waals surface area contributed by atoms with E-state index in [9.17, 15) is 13.2 Å². The molecule has 1 aromatic carbocycles. The van der Waals surface area contributed by atoms with Gasteiger partial charge in [0.05, 0.1) is 19.1 Å². The molecule has 1 aromatic rings. The summed E-state index contributed by atoms with van der Waals surface area (Å²) in [5.41, 5.74) is 0. The number of rotatable bonds is 9. The fraction of sp³-hybridized carbons (Fsp3) is 0.588. The third kappa shape index (κ3) is 5.09. The molecule has 146 valence electrons. The Morgan fingerprint density at radius 3 is 2.65 bits per heavy atom. The van der Waals surface area contributed by atoms with Crippen LogP contribution in [-0.2, 0) is 14.8 Å². The summed E-state index contributed by atoms with van der Waals surface area (Å²) >= 11 is 0. The van der Waals surface area contributed by atoms with Crippen LogP contribution >= 0.6 is 0 Å². The van der Waals surface area contributed by atoms with Crippen molar-refractivity contribution in [1.29, 1.82) is 0 Å². The molecular formula is C17H27N3O5S. The van der Waals surface area contributed by atoms with Crippen molar-refractivity contribution >= 4 is 15.9 Å². The van der Waals surface area contributed by atoms with Crippen LogP contribution in [-0.4, -0.2) is 66.7 Å². The lowest BCUT2D eigenvalue weighted by atomic mass is 10.1. The van der Waals surface area contributed by atoms with E-state index < -0.39 is 10.0 Å². The highest BCUT2D eigenvalue weighted by Gasteiger charge is 2.25. The number of carbonyl (C=O) groups is 1. The van der Waals surface area contributed by atoms with Crippen molar-refractivity contribution in [3.63, 3.8) is 0 Å². The van der Waals surface area contributed by atoms with E-state index in [1.807, 2.05) is 7.05 Å². The van der Waals surface area contributed by atoms with Gasteiger partial charge in [0.25, 0.3) is 0 Å². The van der Waals surface area contributed by atoms with Crippen molar-refractivity contribution in [3.8, 4) is 11.5 Å². The fourth-order valence-electron chi connectivity index (χ4n) is 3.03. The molecule has 9 heteroatoms. The Hall–Kier alpha value is -1.84. The van der Waals surface area contributed by atoms with Gasteiger partial charge in [0.1, 0.15) is 0 Å². The first-order valence-corrected chi connectivity index (χ1v) is 10.0. The van der Waals surface area contributed by atoms with Crippen molar-refractivity contribution < 1.29 is 22.7 Å². The smallest absolute Gasteiger partial charge is 0.240 e. The van der Waals surface area contributed by atoms with Gasteiger partial charge >= 0.3 is 0 Å². The Labute approximate surface area is 154 Å². The molecule has 2 N–H and O–H groups in total. The predicted octanol–water partition coefficient (Wildman–Crippen LogP) is 0.440. The normalized spacial score (nSPS) is 17.3. The van der Waals surface area contributed by atoms with Gasteiger partial charge in [-0.25, -0.2) is 13.1 Å². The summed E-state index contributed by atoms with van der Waals surface area (Å²) in [6, 6.07) is 4.37. The number of nitrogens with one attached hydrogen (secondary N) is 2. The lowest BCUT2D eigenvalue weighted by Crippen LogP contribution is -2.34. The Balaban J connectivity index is 1.89. The average Bonchev–Trinajstić information content (AvgIpc) is 3.10. The second-order valence-electron chi connectivity index (χ2n) is 6.22. The van der Waals surface area contributed by atoms with Crippen LogP contribution in [0.25, 0.3) is 0 Å². The quantitative estimate of drug-likeness (QED) is 0.640. The van der Waals surface area contributed by atoms with Crippen LogP contribution in [0.2, 0.25) is 0 Å². The molecule has 0 aromatic heterocycles. The van der Waals surface area contributed by atoms with E-state index in [0.717, 1.165) is 26.1 Å². The highest BCUT2D eigenvalue weighted by Crippen LogP contribution is 2.29. The summed E-state index contributed by atoms with van der Waals surface area (Å²) in [6.07, 6.45) is 1.11. The van der Waals surface area contributed by atoms with Gasteiger partial charge in [-0.2, -0.15) is 0 Å². The first-order chi connectivity index (χ1) is 12.4. The molecule has 1 saturated heterocycles. The van der Waals surface area contributed by atoms with Gasteiger partial charge in [-0.15, -0.1) is 0 Å². The van der Waals surface area contributed by atoms with Crippen molar-refractivity contribution in [2.75, 3.05) is 47.4 Å². The zero-order valence-corrected chi connectivity index (χ0v) is 16.3. The van der Waals surface area contributed by atoms with E-state index in [-0.39, 0.29) is 23.8 Å². The number of carbonyl (C=O) groups excluding carboxylic acids is 1. The minimum atomic E-state index is -3.72. The highest BCUT2D eigenvalue weighted by atomic mass is 32.2. The third-order valence-electron chi connectivity index (χ3n) is 4.43. The summed E-state index contributed by atoms with van der Waals surface area (Å²) in [5.74, 6) is 1.22. The van der Waals surface area contributed by atoms with Gasteiger partial charge in [0.15, 0.2) is 11.5 Å². The predicted molar refractivity (Wildman–Crippen MR) is 98.0 cm³/mol. The molecule has 1 aliphatic rings. The van der Waals surface area contributed by atoms with E-state index in [1.54, 1.807) is 4.90 Å². The molecule has 2 rings (SSSR count). The second kappa shape index (κ2) is 9.20. The monoisotopic (exact) mass is 385 g/mol. The summed E-state index contributed by atoms with van der Waals surface area (Å²) < 4.78 is 37.5. The molecule has 1 amide bonds. The number of amides is 1. The number of ether oxygens (including phenoxy) is 2. The molecule has 1 atom stereocenters. The van der Waals surface area contributed by atoms with Crippen LogP contribution in [0.3, 0.4) is 0 Å². The Bertz CT molecular complexity index is 723. The first kappa shape index (κ1) is 20.5. The van der Waals surface area contributed by atoms with Crippen molar-refractivity contribution in [2.45, 2.75) is 17.7 Å². The molecule has 0 bridgehead atoms. The van der Waals surface area contributed by atoms with E-state index in [1.165, 1.54) is 32.4 Å². The van der Waals surface area contributed by atoms with E-state index in [2.05, 4.69) is 10.0 Å². The van der Waals surface area contributed by atoms with E-state index in [0.29, 0.717) is 17.4 Å². The van der Waals surface area contributed by atoms with Crippen molar-refractivity contribution in [1.82, 2.24) is 14.9 Å². The molecule has 0 saturated carbocycles. The standard InChI is InChI=1S/C17H27N3O5S/c1-18-11-13-7-9-20(12-13)17(21)6-8-19-26(22,23)14-4-5-15(24-2)16(10-14)25-3/h4-5,10,13,18-19H,6-9,11-12H2,1-3H3. The van der Waals surface area contributed by atoms with Gasteiger partial charge < -0.3 is 19.7 Å². The van der Waals surface area contributed by atoms with Crippen LogP contribution in [0.4, 0.5) is 0 Å². The van der Waals surface area contributed by atoms with Crippen LogP contribution < -0.4 is 19.5 Å². The molecule has 1 aliphatic heterocycles. The van der Waals surface area contributed by atoms with Gasteiger partial charge in [0, 0.05) is 32.1 Å². The van der Waals surface area contributed by atoms with E-state index in [4.69, 9.17) is 9.47 Å². The summed E-state index contributed by atoms with van der Waals surface area (Å²) in [5, 5.41) is 3.12. The third-order valence-corrected chi connectivity index (χ3v) is 5.89. The maximum absolute atomic E-state index is 12.4. The van der Waals surface area contributed by atoms with Gasteiger partial charge in [-0.3, -0.25) is 4.79 Å². The Morgan fingerprint density at radius 1 is 1.27 bits per heavy atom. The molecule has 1 unspecified atom stereocenters. The maximum Gasteiger partial charge on any atom is 0.240 e. The lowest BCUT2D eigenvalue weighted by molar-refractivity contribution is -0.130. The summed E-state index contributed by atoms with van der Waals surface area (Å²) in [7, 11) is 1.10. The summed E-state index contributed by atoms with van der Waals surface area (Å²) in [4.78, 5) is 14.1. The first-order valence-electron chi connectivity index (χ1n) is 8.55. The van der Waals surface area contributed by atoms with Crippen molar-refractivity contribution in [3.05, 3.63) is 18.2 Å². The largest absolute Gasteiger partial charge is 0.493 e. The van der Waals surface area contributed by atoms with Crippen LogP contribution in [0.5, 0.6) is 11.5 Å². The second-order valence-corrected chi connectivity index (χ2v) is 7.98. The number of likely N-dealkylation sites (tertiary alicyclic amines) is 1. The molecule has 1 fully saturated rings. The molecule has 8 nitrogen and oxygen atoms in total. The molecule has 26 heavy (non-hydrogen) atoms. The van der Waals surface area contributed by atoms with Gasteiger partial charge in [-0.1, -0.05) is 0 Å². The Kier molecular flexibility index (Phi) is 7.24. The zero-order valence-electron chi connectivity index (χ0n) is 15.4. The minimum Gasteiger partial charge on any atom is -0.493 e. The number of nitrogens with zero attached hydrogens (tertiary/aromatic N) is 1. The average molecular weight is 385 g/mol. The zero-order chi connectivity index (χ0) is 19.2.